The summed E-state index contributed by atoms with van der Waals surface area (Å²) in [5.74, 6) is 0.187. The number of ether oxygens (including phenoxy) is 1. The zero-order chi connectivity index (χ0) is 22.4. The molecule has 0 atom stereocenters. The first-order valence-electron chi connectivity index (χ1n) is 9.66. The summed E-state index contributed by atoms with van der Waals surface area (Å²) < 4.78 is 32.2. The molecule has 3 rings (SSSR count). The van der Waals surface area contributed by atoms with Crippen molar-refractivity contribution in [3.63, 3.8) is 0 Å². The zero-order valence-corrected chi connectivity index (χ0v) is 18.8. The Morgan fingerprint density at radius 2 is 1.65 bits per heavy atom. The fourth-order valence-corrected chi connectivity index (χ4v) is 4.26. The molecule has 0 aliphatic heterocycles. The molecule has 3 aromatic rings. The van der Waals surface area contributed by atoms with E-state index in [0.717, 1.165) is 17.7 Å². The van der Waals surface area contributed by atoms with Crippen LogP contribution in [0.2, 0.25) is 5.02 Å². The summed E-state index contributed by atoms with van der Waals surface area (Å²) in [6.45, 7) is 1.86. The Kier molecular flexibility index (Phi) is 7.20. The Labute approximate surface area is 187 Å². The fraction of sp³-hybridized carbons (Fsp3) is 0.174. The number of sulfonamides is 1. The lowest BCUT2D eigenvalue weighted by Gasteiger charge is -2.20. The maximum atomic E-state index is 12.8. The first-order valence-corrected chi connectivity index (χ1v) is 11.5. The highest BCUT2D eigenvalue weighted by Crippen LogP contribution is 2.25. The summed E-state index contributed by atoms with van der Waals surface area (Å²) in [5.41, 5.74) is 2.27. The molecule has 0 aliphatic rings. The van der Waals surface area contributed by atoms with Crippen LogP contribution in [0.25, 0.3) is 0 Å². The number of nitrogens with zero attached hydrogens (tertiary/aromatic N) is 1. The van der Waals surface area contributed by atoms with Crippen LogP contribution >= 0.6 is 11.6 Å². The highest BCUT2D eigenvalue weighted by atomic mass is 35.5. The van der Waals surface area contributed by atoms with Crippen molar-refractivity contribution < 1.29 is 17.9 Å². The van der Waals surface area contributed by atoms with Crippen LogP contribution in [0, 0.1) is 0 Å². The van der Waals surface area contributed by atoms with Crippen molar-refractivity contribution in [2.24, 2.45) is 0 Å². The summed E-state index contributed by atoms with van der Waals surface area (Å²) in [4.78, 5) is 12.4. The molecule has 0 bridgehead atoms. The van der Waals surface area contributed by atoms with Crippen LogP contribution in [-0.2, 0) is 21.2 Å². The molecule has 0 radical (unpaired) electrons. The van der Waals surface area contributed by atoms with Crippen molar-refractivity contribution in [3.05, 3.63) is 83.4 Å². The second kappa shape index (κ2) is 9.85. The number of rotatable bonds is 8. The SMILES string of the molecule is CCc1ccccc1NC(=O)COc1ccc(N(C)S(=O)(=O)c2ccc(Cl)cc2)cc1. The summed E-state index contributed by atoms with van der Waals surface area (Å²) in [7, 11) is -2.25. The average molecular weight is 459 g/mol. The number of carbonyl (C=O) groups is 1. The topological polar surface area (TPSA) is 75.7 Å². The predicted octanol–water partition coefficient (Wildman–Crippen LogP) is 4.75. The molecule has 162 valence electrons. The molecule has 3 aromatic carbocycles. The van der Waals surface area contributed by atoms with E-state index in [9.17, 15) is 13.2 Å². The normalized spacial score (nSPS) is 11.1. The number of hydrogen-bond acceptors (Lipinski definition) is 4. The number of nitrogens with one attached hydrogen (secondary N) is 1. The van der Waals surface area contributed by atoms with Crippen molar-refractivity contribution in [3.8, 4) is 5.75 Å². The van der Waals surface area contributed by atoms with E-state index in [0.29, 0.717) is 16.5 Å². The van der Waals surface area contributed by atoms with E-state index < -0.39 is 10.0 Å². The number of carbonyl (C=O) groups excluding carboxylic acids is 1. The fourth-order valence-electron chi connectivity index (χ4n) is 2.94. The van der Waals surface area contributed by atoms with Crippen LogP contribution in [0.4, 0.5) is 11.4 Å². The minimum Gasteiger partial charge on any atom is -0.484 e. The number of hydrogen-bond donors (Lipinski definition) is 1. The van der Waals surface area contributed by atoms with Gasteiger partial charge < -0.3 is 10.1 Å². The minimum absolute atomic E-state index is 0.142. The van der Waals surface area contributed by atoms with E-state index in [1.807, 2.05) is 31.2 Å². The molecule has 0 unspecified atom stereocenters. The summed E-state index contributed by atoms with van der Waals surface area (Å²) in [6, 6.07) is 20.1. The van der Waals surface area contributed by atoms with Gasteiger partial charge in [0.25, 0.3) is 15.9 Å². The van der Waals surface area contributed by atoms with Gasteiger partial charge in [-0.15, -0.1) is 0 Å². The predicted molar refractivity (Wildman–Crippen MR) is 123 cm³/mol. The van der Waals surface area contributed by atoms with Gasteiger partial charge in [-0.1, -0.05) is 36.7 Å². The first-order chi connectivity index (χ1) is 14.8. The molecule has 1 N–H and O–H groups in total. The van der Waals surface area contributed by atoms with Gasteiger partial charge in [0.1, 0.15) is 5.75 Å². The van der Waals surface area contributed by atoms with Crippen molar-refractivity contribution in [1.82, 2.24) is 0 Å². The molecule has 0 spiro atoms. The summed E-state index contributed by atoms with van der Waals surface area (Å²) in [6.07, 6.45) is 0.811. The first kappa shape index (κ1) is 22.7. The lowest BCUT2D eigenvalue weighted by molar-refractivity contribution is -0.118. The van der Waals surface area contributed by atoms with Crippen LogP contribution in [0.3, 0.4) is 0 Å². The van der Waals surface area contributed by atoms with E-state index in [1.165, 1.54) is 35.6 Å². The smallest absolute Gasteiger partial charge is 0.264 e. The Balaban J connectivity index is 1.62. The van der Waals surface area contributed by atoms with Crippen LogP contribution in [-0.4, -0.2) is 28.0 Å². The number of aryl methyl sites for hydroxylation is 1. The lowest BCUT2D eigenvalue weighted by Crippen LogP contribution is -2.26. The second-order valence-corrected chi connectivity index (χ2v) is 9.17. The molecule has 0 saturated carbocycles. The molecule has 31 heavy (non-hydrogen) atoms. The lowest BCUT2D eigenvalue weighted by atomic mass is 10.1. The van der Waals surface area contributed by atoms with Crippen LogP contribution in [0.1, 0.15) is 12.5 Å². The molecule has 0 fully saturated rings. The quantitative estimate of drug-likeness (QED) is 0.528. The molecular weight excluding hydrogens is 436 g/mol. The third kappa shape index (κ3) is 5.57. The summed E-state index contributed by atoms with van der Waals surface area (Å²) >= 11 is 5.84. The van der Waals surface area contributed by atoms with Crippen molar-refractivity contribution >= 4 is 38.9 Å². The van der Waals surface area contributed by atoms with Crippen LogP contribution in [0.15, 0.2) is 77.7 Å². The van der Waals surface area contributed by atoms with Gasteiger partial charge >= 0.3 is 0 Å². The molecule has 8 heteroatoms. The van der Waals surface area contributed by atoms with Gasteiger partial charge in [-0.3, -0.25) is 9.10 Å². The van der Waals surface area contributed by atoms with E-state index in [-0.39, 0.29) is 17.4 Å². The molecule has 0 saturated heterocycles. The average Bonchev–Trinajstić information content (AvgIpc) is 2.78. The Morgan fingerprint density at radius 3 is 2.29 bits per heavy atom. The Hall–Kier alpha value is -3.03. The molecule has 1 amide bonds. The minimum atomic E-state index is -3.72. The van der Waals surface area contributed by atoms with E-state index >= 15 is 0 Å². The third-order valence-electron chi connectivity index (χ3n) is 4.71. The van der Waals surface area contributed by atoms with Gasteiger partial charge in [-0.2, -0.15) is 0 Å². The standard InChI is InChI=1S/C23H23ClN2O4S/c1-3-17-6-4-5-7-22(17)25-23(27)16-30-20-12-10-19(11-13-20)26(2)31(28,29)21-14-8-18(24)9-15-21/h4-15H,3,16H2,1-2H3,(H,25,27). The van der Waals surface area contributed by atoms with Crippen molar-refractivity contribution in [2.45, 2.75) is 18.2 Å². The Bertz CT molecular complexity index is 1150. The second-order valence-electron chi connectivity index (χ2n) is 6.77. The molecule has 6 nitrogen and oxygen atoms in total. The number of anilines is 2. The molecule has 0 aromatic heterocycles. The number of para-hydroxylation sites is 1. The van der Waals surface area contributed by atoms with Gasteiger partial charge in [0.2, 0.25) is 0 Å². The van der Waals surface area contributed by atoms with E-state index in [1.54, 1.807) is 24.3 Å². The van der Waals surface area contributed by atoms with Crippen LogP contribution < -0.4 is 14.4 Å². The van der Waals surface area contributed by atoms with Gasteiger partial charge in [-0.05, 0) is 66.6 Å². The molecular formula is C23H23ClN2O4S. The molecule has 0 heterocycles. The highest BCUT2D eigenvalue weighted by molar-refractivity contribution is 7.92. The van der Waals surface area contributed by atoms with E-state index in [4.69, 9.17) is 16.3 Å². The van der Waals surface area contributed by atoms with E-state index in [2.05, 4.69) is 5.32 Å². The molecule has 0 aliphatic carbocycles. The maximum absolute atomic E-state index is 12.8. The third-order valence-corrected chi connectivity index (χ3v) is 6.77. The number of benzene rings is 3. The van der Waals surface area contributed by atoms with Gasteiger partial charge in [0.15, 0.2) is 6.61 Å². The van der Waals surface area contributed by atoms with Crippen molar-refractivity contribution in [1.29, 1.82) is 0 Å². The Morgan fingerprint density at radius 1 is 1.00 bits per heavy atom. The monoisotopic (exact) mass is 458 g/mol. The number of halogens is 1. The van der Waals surface area contributed by atoms with Crippen LogP contribution in [0.5, 0.6) is 5.75 Å². The maximum Gasteiger partial charge on any atom is 0.264 e. The van der Waals surface area contributed by atoms with Gasteiger partial charge in [-0.25, -0.2) is 8.42 Å². The largest absolute Gasteiger partial charge is 0.484 e. The van der Waals surface area contributed by atoms with Gasteiger partial charge in [0.05, 0.1) is 10.6 Å². The van der Waals surface area contributed by atoms with Crippen molar-refractivity contribution in [2.75, 3.05) is 23.3 Å². The van der Waals surface area contributed by atoms with Gasteiger partial charge in [0, 0.05) is 17.8 Å². The summed E-state index contributed by atoms with van der Waals surface area (Å²) in [5, 5.41) is 3.31. The highest BCUT2D eigenvalue weighted by Gasteiger charge is 2.21. The number of amides is 1. The zero-order valence-electron chi connectivity index (χ0n) is 17.2.